The van der Waals surface area contributed by atoms with E-state index in [-0.39, 0.29) is 5.78 Å². The second-order valence-electron chi connectivity index (χ2n) is 1.58. The van der Waals surface area contributed by atoms with Gasteiger partial charge in [-0.15, -0.1) is 0 Å². The van der Waals surface area contributed by atoms with Crippen molar-refractivity contribution < 1.29 is 15.0 Å². The van der Waals surface area contributed by atoms with Gasteiger partial charge in [-0.05, 0) is 6.92 Å². The number of ketones is 1. The van der Waals surface area contributed by atoms with Crippen LogP contribution in [-0.4, -0.2) is 16.0 Å². The molecule has 0 amide bonds. The van der Waals surface area contributed by atoms with E-state index >= 15 is 0 Å². The molecule has 0 aliphatic rings. The zero-order valence-corrected chi connectivity index (χ0v) is 8.45. The fourth-order valence-electron chi connectivity index (χ4n) is 0.144. The molecule has 0 saturated heterocycles. The van der Waals surface area contributed by atoms with Crippen LogP contribution in [0.5, 0.6) is 0 Å². The molecule has 0 unspecified atom stereocenters. The maximum atomic E-state index is 10.2. The van der Waals surface area contributed by atoms with Crippen LogP contribution in [-0.2, 0) is 4.79 Å². The Morgan fingerprint density at radius 1 is 1.23 bits per heavy atom. The van der Waals surface area contributed by atoms with Crippen molar-refractivity contribution in [1.82, 2.24) is 0 Å². The van der Waals surface area contributed by atoms with Gasteiger partial charge in [-0.2, -0.15) is 0 Å². The van der Waals surface area contributed by atoms with Gasteiger partial charge in [0, 0.05) is 5.57 Å². The molecular weight excluding hydrogens is 168 g/mol. The minimum absolute atomic E-state index is 0.0185. The summed E-state index contributed by atoms with van der Waals surface area (Å²) in [4.78, 5) is 10.2. The Morgan fingerprint density at radius 2 is 1.54 bits per heavy atom. The van der Waals surface area contributed by atoms with Crippen molar-refractivity contribution in [2.75, 3.05) is 0 Å². The van der Waals surface area contributed by atoms with Crippen molar-refractivity contribution in [3.05, 3.63) is 37.3 Å². The Kier molecular flexibility index (Phi) is 22.7. The molecule has 0 aliphatic carbocycles. The molecule has 0 aliphatic heterocycles. The number of aliphatic hydroxyl groups excluding tert-OH is 2. The average Bonchev–Trinajstić information content (AvgIpc) is 2.19. The van der Waals surface area contributed by atoms with Crippen LogP contribution < -0.4 is 0 Å². The Balaban J connectivity index is -0.000000142. The second kappa shape index (κ2) is 16.8. The zero-order valence-electron chi connectivity index (χ0n) is 8.45. The summed E-state index contributed by atoms with van der Waals surface area (Å²) in [6.07, 6.45) is 2.56. The molecule has 0 aromatic carbocycles. The van der Waals surface area contributed by atoms with Gasteiger partial charge < -0.3 is 10.2 Å². The van der Waals surface area contributed by atoms with Crippen LogP contribution in [0, 0.1) is 0 Å². The number of Topliss-reactive ketones (excluding diaryl/α,β-unsaturated/α-hetero) is 1. The average molecular weight is 186 g/mol. The number of rotatable bonds is 2. The van der Waals surface area contributed by atoms with Crippen LogP contribution in [0.3, 0.4) is 0 Å². The maximum Gasteiger partial charge on any atom is 0.159 e. The lowest BCUT2D eigenvalue weighted by atomic mass is 10.2. The summed E-state index contributed by atoms with van der Waals surface area (Å²) in [7, 11) is 0. The van der Waals surface area contributed by atoms with E-state index in [9.17, 15) is 4.79 Å². The third-order valence-electron chi connectivity index (χ3n) is 0.765. The highest BCUT2D eigenvalue weighted by Gasteiger charge is 1.89. The van der Waals surface area contributed by atoms with Gasteiger partial charge in [-0.3, -0.25) is 4.79 Å². The van der Waals surface area contributed by atoms with E-state index in [0.717, 1.165) is 0 Å². The summed E-state index contributed by atoms with van der Waals surface area (Å²) in [5.41, 5.74) is 0.472. The number of aliphatic hydroxyl groups is 2. The van der Waals surface area contributed by atoms with E-state index in [2.05, 4.69) is 13.2 Å². The molecule has 2 N–H and O–H groups in total. The van der Waals surface area contributed by atoms with E-state index in [1.807, 2.05) is 13.8 Å². The van der Waals surface area contributed by atoms with Crippen molar-refractivity contribution in [1.29, 1.82) is 0 Å². The monoisotopic (exact) mass is 186 g/mol. The first-order chi connectivity index (χ1) is 6.09. The third-order valence-corrected chi connectivity index (χ3v) is 0.765. The van der Waals surface area contributed by atoms with Gasteiger partial charge in [0.15, 0.2) is 5.78 Å². The third kappa shape index (κ3) is 25.1. The molecule has 13 heavy (non-hydrogen) atoms. The smallest absolute Gasteiger partial charge is 0.159 e. The molecule has 0 heterocycles. The molecule has 0 atom stereocenters. The van der Waals surface area contributed by atoms with Gasteiger partial charge in [-0.1, -0.05) is 33.1 Å². The predicted molar refractivity (Wildman–Crippen MR) is 55.8 cm³/mol. The molecule has 76 valence electrons. The van der Waals surface area contributed by atoms with Gasteiger partial charge in [0.1, 0.15) is 12.5 Å². The lowest BCUT2D eigenvalue weighted by Gasteiger charge is -1.84. The summed E-state index contributed by atoms with van der Waals surface area (Å²) in [5, 5.41) is 14.9. The van der Waals surface area contributed by atoms with Gasteiger partial charge in [0.25, 0.3) is 0 Å². The maximum absolute atomic E-state index is 10.2. The fourth-order valence-corrected chi connectivity index (χ4v) is 0.144. The molecule has 0 aromatic rings. The number of carbonyl (C=O) groups excluding carboxylic acids is 1. The van der Waals surface area contributed by atoms with Crippen molar-refractivity contribution in [3.63, 3.8) is 0 Å². The quantitative estimate of drug-likeness (QED) is 0.396. The van der Waals surface area contributed by atoms with Gasteiger partial charge in [0.05, 0.1) is 0 Å². The number of hydrogen-bond donors (Lipinski definition) is 2. The topological polar surface area (TPSA) is 57.5 Å². The lowest BCUT2D eigenvalue weighted by molar-refractivity contribution is -0.113. The van der Waals surface area contributed by atoms with Crippen LogP contribution in [0.25, 0.3) is 0 Å². The molecule has 0 aromatic heterocycles. The first-order valence-electron chi connectivity index (χ1n) is 3.85. The Hall–Kier alpha value is -1.51. The van der Waals surface area contributed by atoms with Crippen LogP contribution in [0.2, 0.25) is 0 Å². The lowest BCUT2D eigenvalue weighted by Crippen LogP contribution is -1.88. The van der Waals surface area contributed by atoms with Crippen LogP contribution in [0.15, 0.2) is 37.3 Å². The standard InChI is InChI=1S/C6H8O.C2H4O2.C2H6/c1-4-5(2)6(3)7;3-1-2-4;1-2/h4H,1-2H2,3H3;1-4H;1-2H3/b;2-1-;. The summed E-state index contributed by atoms with van der Waals surface area (Å²) >= 11 is 0. The molecule has 3 nitrogen and oxygen atoms in total. The highest BCUT2D eigenvalue weighted by molar-refractivity contribution is 5.95. The second-order valence-corrected chi connectivity index (χ2v) is 1.58. The highest BCUT2D eigenvalue weighted by atomic mass is 16.3. The molecule has 0 fully saturated rings. The normalized spacial score (nSPS) is 7.31. The largest absolute Gasteiger partial charge is 0.512 e. The Labute approximate surface area is 79.7 Å². The van der Waals surface area contributed by atoms with Crippen molar-refractivity contribution in [2.24, 2.45) is 0 Å². The minimum Gasteiger partial charge on any atom is -0.512 e. The summed E-state index contributed by atoms with van der Waals surface area (Å²) < 4.78 is 0. The summed E-state index contributed by atoms with van der Waals surface area (Å²) in [6.45, 7) is 12.2. The van der Waals surface area contributed by atoms with E-state index in [0.29, 0.717) is 18.1 Å². The van der Waals surface area contributed by atoms with Crippen molar-refractivity contribution in [3.8, 4) is 0 Å². The molecular formula is C10H18O3. The number of carbonyl (C=O) groups is 1. The van der Waals surface area contributed by atoms with E-state index in [1.165, 1.54) is 13.0 Å². The zero-order chi connectivity index (χ0) is 11.3. The van der Waals surface area contributed by atoms with E-state index in [1.54, 1.807) is 0 Å². The van der Waals surface area contributed by atoms with Gasteiger partial charge in [0.2, 0.25) is 0 Å². The molecule has 0 radical (unpaired) electrons. The fraction of sp³-hybridized carbons (Fsp3) is 0.300. The van der Waals surface area contributed by atoms with E-state index in [4.69, 9.17) is 10.2 Å². The molecule has 3 heteroatoms. The van der Waals surface area contributed by atoms with E-state index < -0.39 is 0 Å². The van der Waals surface area contributed by atoms with Crippen LogP contribution >= 0.6 is 0 Å². The Bertz CT molecular complexity index is 165. The predicted octanol–water partition coefficient (Wildman–Crippen LogP) is 2.92. The minimum atomic E-state index is -0.0185. The Morgan fingerprint density at radius 3 is 1.54 bits per heavy atom. The number of hydrogen-bond acceptors (Lipinski definition) is 3. The molecule has 0 spiro atoms. The number of allylic oxidation sites excluding steroid dienone is 2. The highest BCUT2D eigenvalue weighted by Crippen LogP contribution is 1.89. The van der Waals surface area contributed by atoms with Gasteiger partial charge in [-0.25, -0.2) is 0 Å². The molecule has 0 saturated carbocycles. The first kappa shape index (κ1) is 17.5. The molecule has 0 bridgehead atoms. The van der Waals surface area contributed by atoms with Crippen molar-refractivity contribution >= 4 is 5.78 Å². The molecule has 0 rings (SSSR count). The van der Waals surface area contributed by atoms with Crippen molar-refractivity contribution in [2.45, 2.75) is 20.8 Å². The SMILES string of the molecule is C=CC(=C)C(C)=O.CC.O/C=C\O. The van der Waals surface area contributed by atoms with Crippen LogP contribution in [0.4, 0.5) is 0 Å². The van der Waals surface area contributed by atoms with Crippen LogP contribution in [0.1, 0.15) is 20.8 Å². The first-order valence-corrected chi connectivity index (χ1v) is 3.85. The summed E-state index contributed by atoms with van der Waals surface area (Å²) in [6, 6.07) is 0. The van der Waals surface area contributed by atoms with Gasteiger partial charge >= 0.3 is 0 Å². The summed E-state index contributed by atoms with van der Waals surface area (Å²) in [5.74, 6) is -0.0185.